The molecule has 19 heavy (non-hydrogen) atoms. The van der Waals surface area contributed by atoms with Gasteiger partial charge in [-0.05, 0) is 40.7 Å². The van der Waals surface area contributed by atoms with Gasteiger partial charge in [0.2, 0.25) is 0 Å². The zero-order valence-corrected chi connectivity index (χ0v) is 12.2. The monoisotopic (exact) mass is 254 g/mol. The summed E-state index contributed by atoms with van der Waals surface area (Å²) in [7, 11) is 1.69. The predicted octanol–water partition coefficient (Wildman–Crippen LogP) is 4.95. The number of benzene rings is 2. The Labute approximate surface area is 116 Å². The van der Waals surface area contributed by atoms with Gasteiger partial charge in [0, 0.05) is 0 Å². The molecule has 2 aromatic carbocycles. The first-order valence-electron chi connectivity index (χ1n) is 6.71. The number of hydrogen-bond donors (Lipinski definition) is 0. The summed E-state index contributed by atoms with van der Waals surface area (Å²) in [6.45, 7) is 6.80. The molecule has 0 saturated carbocycles. The third-order valence-electron chi connectivity index (χ3n) is 3.11. The van der Waals surface area contributed by atoms with Gasteiger partial charge in [-0.1, -0.05) is 57.2 Å². The van der Waals surface area contributed by atoms with E-state index >= 15 is 0 Å². The van der Waals surface area contributed by atoms with Gasteiger partial charge in [-0.25, -0.2) is 0 Å². The van der Waals surface area contributed by atoms with E-state index in [1.165, 1.54) is 16.7 Å². The fourth-order valence-corrected chi connectivity index (χ4v) is 2.21. The van der Waals surface area contributed by atoms with E-state index in [0.29, 0.717) is 5.41 Å². The van der Waals surface area contributed by atoms with Crippen LogP contribution in [0.4, 0.5) is 0 Å². The first-order chi connectivity index (χ1) is 8.98. The van der Waals surface area contributed by atoms with Crippen LogP contribution in [-0.2, 0) is 6.42 Å². The third-order valence-corrected chi connectivity index (χ3v) is 3.11. The number of hydrogen-bond acceptors (Lipinski definition) is 1. The highest BCUT2D eigenvalue weighted by Gasteiger charge is 2.11. The summed E-state index contributed by atoms with van der Waals surface area (Å²) in [5, 5.41) is 0. The van der Waals surface area contributed by atoms with Gasteiger partial charge in [0.15, 0.2) is 0 Å². The molecule has 0 unspecified atom stereocenters. The van der Waals surface area contributed by atoms with Crippen LogP contribution in [-0.4, -0.2) is 7.11 Å². The van der Waals surface area contributed by atoms with Crippen molar-refractivity contribution in [2.45, 2.75) is 27.2 Å². The largest absolute Gasteiger partial charge is 0.497 e. The smallest absolute Gasteiger partial charge is 0.118 e. The molecule has 0 aliphatic carbocycles. The quantitative estimate of drug-likeness (QED) is 0.753. The van der Waals surface area contributed by atoms with E-state index in [9.17, 15) is 0 Å². The molecule has 1 heteroatoms. The van der Waals surface area contributed by atoms with Gasteiger partial charge in [0.25, 0.3) is 0 Å². The molecule has 0 saturated heterocycles. The molecule has 1 nitrogen and oxygen atoms in total. The molecule has 2 rings (SSSR count). The van der Waals surface area contributed by atoms with Crippen molar-refractivity contribution in [2.75, 3.05) is 7.11 Å². The zero-order chi connectivity index (χ0) is 13.9. The predicted molar refractivity (Wildman–Crippen MR) is 81.6 cm³/mol. The van der Waals surface area contributed by atoms with Gasteiger partial charge in [0.1, 0.15) is 5.75 Å². The first-order valence-corrected chi connectivity index (χ1v) is 6.71. The summed E-state index contributed by atoms with van der Waals surface area (Å²) >= 11 is 0. The Morgan fingerprint density at radius 1 is 0.789 bits per heavy atom. The molecule has 0 spiro atoms. The van der Waals surface area contributed by atoms with Crippen molar-refractivity contribution in [3.05, 3.63) is 54.1 Å². The van der Waals surface area contributed by atoms with Crippen LogP contribution in [0.1, 0.15) is 26.3 Å². The molecule has 2 aromatic rings. The van der Waals surface area contributed by atoms with Crippen LogP contribution < -0.4 is 4.74 Å². The van der Waals surface area contributed by atoms with E-state index in [1.807, 2.05) is 12.1 Å². The second-order valence-corrected chi connectivity index (χ2v) is 6.16. The molecule has 0 fully saturated rings. The fourth-order valence-electron chi connectivity index (χ4n) is 2.21. The van der Waals surface area contributed by atoms with Gasteiger partial charge >= 0.3 is 0 Å². The minimum Gasteiger partial charge on any atom is -0.497 e. The van der Waals surface area contributed by atoms with Gasteiger partial charge in [-0.2, -0.15) is 0 Å². The summed E-state index contributed by atoms with van der Waals surface area (Å²) in [6, 6.07) is 17.0. The average molecular weight is 254 g/mol. The van der Waals surface area contributed by atoms with Crippen molar-refractivity contribution in [3.8, 4) is 16.9 Å². The van der Waals surface area contributed by atoms with E-state index in [4.69, 9.17) is 4.74 Å². The summed E-state index contributed by atoms with van der Waals surface area (Å²) < 4.78 is 5.18. The number of rotatable bonds is 3. The first kappa shape index (κ1) is 13.7. The molecule has 0 heterocycles. The Kier molecular flexibility index (Phi) is 3.94. The second-order valence-electron chi connectivity index (χ2n) is 6.16. The molecule has 0 bridgehead atoms. The molecule has 0 atom stereocenters. The Bertz CT molecular complexity index is 515. The fraction of sp³-hybridized carbons (Fsp3) is 0.333. The van der Waals surface area contributed by atoms with Crippen LogP contribution >= 0.6 is 0 Å². The minimum atomic E-state index is 0.335. The van der Waals surface area contributed by atoms with E-state index < -0.39 is 0 Å². The number of methoxy groups -OCH3 is 1. The molecule has 100 valence electrons. The zero-order valence-electron chi connectivity index (χ0n) is 12.2. The van der Waals surface area contributed by atoms with Gasteiger partial charge in [-0.15, -0.1) is 0 Å². The van der Waals surface area contributed by atoms with Gasteiger partial charge in [0.05, 0.1) is 7.11 Å². The van der Waals surface area contributed by atoms with E-state index in [0.717, 1.165) is 12.2 Å². The van der Waals surface area contributed by atoms with Crippen LogP contribution in [0.15, 0.2) is 48.5 Å². The van der Waals surface area contributed by atoms with Crippen molar-refractivity contribution in [1.29, 1.82) is 0 Å². The highest BCUT2D eigenvalue weighted by Crippen LogP contribution is 2.25. The summed E-state index contributed by atoms with van der Waals surface area (Å²) in [5.74, 6) is 0.896. The highest BCUT2D eigenvalue weighted by atomic mass is 16.5. The SMILES string of the molecule is COc1ccc(-c2ccc(CC(C)(C)C)cc2)cc1. The Balaban J connectivity index is 2.17. The van der Waals surface area contributed by atoms with Crippen LogP contribution in [0.25, 0.3) is 11.1 Å². The normalized spacial score (nSPS) is 11.4. The maximum absolute atomic E-state index is 5.18. The standard InChI is InChI=1S/C18H22O/c1-18(2,3)13-14-5-7-15(8-6-14)16-9-11-17(19-4)12-10-16/h5-12H,13H2,1-4H3. The van der Waals surface area contributed by atoms with Gasteiger partial charge < -0.3 is 4.74 Å². The Morgan fingerprint density at radius 2 is 1.26 bits per heavy atom. The molecule has 0 aliphatic rings. The van der Waals surface area contributed by atoms with E-state index in [-0.39, 0.29) is 0 Å². The molecule has 0 aromatic heterocycles. The summed E-state index contributed by atoms with van der Waals surface area (Å²) in [4.78, 5) is 0. The van der Waals surface area contributed by atoms with Crippen LogP contribution in [0.3, 0.4) is 0 Å². The second kappa shape index (κ2) is 5.48. The van der Waals surface area contributed by atoms with Crippen LogP contribution in [0.5, 0.6) is 5.75 Å². The van der Waals surface area contributed by atoms with Crippen molar-refractivity contribution in [2.24, 2.45) is 5.41 Å². The molecular formula is C18H22O. The van der Waals surface area contributed by atoms with Crippen molar-refractivity contribution in [3.63, 3.8) is 0 Å². The van der Waals surface area contributed by atoms with Crippen LogP contribution in [0, 0.1) is 5.41 Å². The van der Waals surface area contributed by atoms with Crippen molar-refractivity contribution in [1.82, 2.24) is 0 Å². The van der Waals surface area contributed by atoms with Crippen molar-refractivity contribution >= 4 is 0 Å². The average Bonchev–Trinajstić information content (AvgIpc) is 2.38. The Hall–Kier alpha value is -1.76. The summed E-state index contributed by atoms with van der Waals surface area (Å²) in [6.07, 6.45) is 1.11. The van der Waals surface area contributed by atoms with Gasteiger partial charge in [-0.3, -0.25) is 0 Å². The van der Waals surface area contributed by atoms with Crippen LogP contribution in [0.2, 0.25) is 0 Å². The lowest BCUT2D eigenvalue weighted by Crippen LogP contribution is -2.08. The van der Waals surface area contributed by atoms with E-state index in [2.05, 4.69) is 57.2 Å². The topological polar surface area (TPSA) is 9.23 Å². The maximum atomic E-state index is 5.18. The summed E-state index contributed by atoms with van der Waals surface area (Å²) in [5.41, 5.74) is 4.20. The highest BCUT2D eigenvalue weighted by molar-refractivity contribution is 5.64. The molecule has 0 N–H and O–H groups in total. The van der Waals surface area contributed by atoms with Crippen molar-refractivity contribution < 1.29 is 4.74 Å². The molecular weight excluding hydrogens is 232 g/mol. The molecule has 0 radical (unpaired) electrons. The minimum absolute atomic E-state index is 0.335. The molecule has 0 aliphatic heterocycles. The lowest BCUT2D eigenvalue weighted by Gasteiger charge is -2.18. The lowest BCUT2D eigenvalue weighted by atomic mass is 9.87. The third kappa shape index (κ3) is 3.85. The maximum Gasteiger partial charge on any atom is 0.118 e. The Morgan fingerprint density at radius 3 is 1.68 bits per heavy atom. The lowest BCUT2D eigenvalue weighted by molar-refractivity contribution is 0.411. The van der Waals surface area contributed by atoms with E-state index in [1.54, 1.807) is 7.11 Å². The number of ether oxygens (including phenoxy) is 1. The molecule has 0 amide bonds.